The van der Waals surface area contributed by atoms with E-state index >= 15 is 0 Å². The van der Waals surface area contributed by atoms with Gasteiger partial charge in [0, 0.05) is 12.1 Å². The van der Waals surface area contributed by atoms with E-state index < -0.39 is 6.03 Å². The number of benzene rings is 1. The Kier molecular flexibility index (Phi) is 3.55. The number of carbonyl (C=O) groups is 1. The number of halogens is 1. The van der Waals surface area contributed by atoms with E-state index in [1.54, 1.807) is 24.3 Å². The smallest absolute Gasteiger partial charge is 0.297 e. The minimum atomic E-state index is -0.653. The zero-order chi connectivity index (χ0) is 10.6. The number of hydroxylamine groups is 2. The summed E-state index contributed by atoms with van der Waals surface area (Å²) in [6.45, 7) is 0. The number of hydrogen-bond acceptors (Lipinski definition) is 3. The Morgan fingerprint density at radius 1 is 1.43 bits per heavy atom. The number of hydrogen-bond donors (Lipinski definition) is 3. The van der Waals surface area contributed by atoms with Crippen LogP contribution in [0.1, 0.15) is 0 Å². The van der Waals surface area contributed by atoms with Gasteiger partial charge in [0.25, 0.3) is 0 Å². The Morgan fingerprint density at radius 2 is 2.00 bits per heavy atom. The highest BCUT2D eigenvalue weighted by molar-refractivity contribution is 6.30. The molecule has 5 nitrogen and oxygen atoms in total. The Labute approximate surface area is 86.2 Å². The molecule has 6 heteroatoms. The quantitative estimate of drug-likeness (QED) is 0.520. The second-order valence-corrected chi connectivity index (χ2v) is 3.02. The molecule has 1 aromatic rings. The third-order valence-electron chi connectivity index (χ3n) is 1.45. The number of hydrazine groups is 1. The fraction of sp³-hybridized carbons (Fsp3) is 0.125. The van der Waals surface area contributed by atoms with Crippen LogP contribution >= 0.6 is 11.6 Å². The highest BCUT2D eigenvalue weighted by Crippen LogP contribution is 2.12. The van der Waals surface area contributed by atoms with Crippen molar-refractivity contribution in [3.63, 3.8) is 0 Å². The lowest BCUT2D eigenvalue weighted by Gasteiger charge is -2.11. The largest absolute Gasteiger partial charge is 0.359 e. The molecule has 1 rings (SSSR count). The van der Waals surface area contributed by atoms with Gasteiger partial charge in [0.2, 0.25) is 0 Å². The van der Waals surface area contributed by atoms with Gasteiger partial charge >= 0.3 is 6.03 Å². The molecule has 0 unspecified atom stereocenters. The maximum absolute atomic E-state index is 10.9. The van der Waals surface area contributed by atoms with Crippen LogP contribution in [0.5, 0.6) is 0 Å². The zero-order valence-corrected chi connectivity index (χ0v) is 8.25. The molecular weight excluding hydrogens is 206 g/mol. The van der Waals surface area contributed by atoms with Crippen LogP contribution in [-0.4, -0.2) is 23.3 Å². The normalized spacial score (nSPS) is 9.36. The molecule has 0 saturated carbocycles. The molecule has 0 aromatic heterocycles. The molecule has 1 aromatic carbocycles. The second kappa shape index (κ2) is 4.69. The van der Waals surface area contributed by atoms with Gasteiger partial charge in [-0.2, -0.15) is 0 Å². The minimum Gasteiger partial charge on any atom is -0.297 e. The van der Waals surface area contributed by atoms with Crippen molar-refractivity contribution in [2.24, 2.45) is 0 Å². The van der Waals surface area contributed by atoms with Crippen LogP contribution < -0.4 is 10.9 Å². The summed E-state index contributed by atoms with van der Waals surface area (Å²) in [6, 6.07) is 6.09. The van der Waals surface area contributed by atoms with Crippen molar-refractivity contribution in [2.45, 2.75) is 0 Å². The van der Waals surface area contributed by atoms with Crippen molar-refractivity contribution in [3.8, 4) is 0 Å². The van der Waals surface area contributed by atoms with E-state index in [1.165, 1.54) is 7.05 Å². The van der Waals surface area contributed by atoms with E-state index in [0.29, 0.717) is 15.8 Å². The molecule has 0 aliphatic heterocycles. The Bertz CT molecular complexity index is 313. The molecule has 0 saturated heterocycles. The first-order valence-corrected chi connectivity index (χ1v) is 4.21. The number of nitrogens with one attached hydrogen (secondary N) is 2. The number of nitrogens with zero attached hydrogens (tertiary/aromatic N) is 1. The third-order valence-corrected chi connectivity index (χ3v) is 1.70. The van der Waals surface area contributed by atoms with Gasteiger partial charge < -0.3 is 0 Å². The molecule has 0 aliphatic carbocycles. The summed E-state index contributed by atoms with van der Waals surface area (Å²) in [6.07, 6.45) is 0. The average Bonchev–Trinajstić information content (AvgIpc) is 2.16. The van der Waals surface area contributed by atoms with Crippen molar-refractivity contribution in [1.82, 2.24) is 10.5 Å². The summed E-state index contributed by atoms with van der Waals surface area (Å²) in [4.78, 5) is 10.9. The van der Waals surface area contributed by atoms with Crippen molar-refractivity contribution in [2.75, 3.05) is 12.5 Å². The van der Waals surface area contributed by atoms with E-state index in [1.807, 2.05) is 0 Å². The van der Waals surface area contributed by atoms with Crippen LogP contribution in [0.4, 0.5) is 10.5 Å². The lowest BCUT2D eigenvalue weighted by molar-refractivity contribution is -0.0174. The molecular formula is C8H10ClN3O2. The van der Waals surface area contributed by atoms with Crippen LogP contribution in [0.15, 0.2) is 24.3 Å². The standard InChI is InChI=1S/C8H10ClN3O2/c1-12(14)8(13)11-10-7-4-2-6(9)3-5-7/h2-5,10,14H,1H3,(H,11,13). The maximum Gasteiger partial charge on any atom is 0.359 e. The van der Waals surface area contributed by atoms with Crippen molar-refractivity contribution >= 4 is 23.3 Å². The maximum atomic E-state index is 10.9. The molecule has 76 valence electrons. The molecule has 0 fully saturated rings. The van der Waals surface area contributed by atoms with Crippen molar-refractivity contribution in [3.05, 3.63) is 29.3 Å². The summed E-state index contributed by atoms with van der Waals surface area (Å²) >= 11 is 5.66. The number of urea groups is 1. The molecule has 14 heavy (non-hydrogen) atoms. The van der Waals surface area contributed by atoms with Gasteiger partial charge in [-0.15, -0.1) is 0 Å². The van der Waals surface area contributed by atoms with E-state index in [9.17, 15) is 4.79 Å². The first-order chi connectivity index (χ1) is 6.59. The zero-order valence-electron chi connectivity index (χ0n) is 7.49. The Morgan fingerprint density at radius 3 is 2.50 bits per heavy atom. The fourth-order valence-corrected chi connectivity index (χ4v) is 0.866. The molecule has 3 N–H and O–H groups in total. The molecule has 2 amide bonds. The Balaban J connectivity index is 2.46. The third kappa shape index (κ3) is 3.12. The molecule has 0 aliphatic rings. The van der Waals surface area contributed by atoms with E-state index in [2.05, 4.69) is 10.9 Å². The lowest BCUT2D eigenvalue weighted by Crippen LogP contribution is -2.38. The lowest BCUT2D eigenvalue weighted by atomic mass is 10.3. The van der Waals surface area contributed by atoms with Crippen LogP contribution in [-0.2, 0) is 0 Å². The van der Waals surface area contributed by atoms with Gasteiger partial charge in [-0.05, 0) is 24.3 Å². The van der Waals surface area contributed by atoms with E-state index in [4.69, 9.17) is 16.8 Å². The van der Waals surface area contributed by atoms with E-state index in [-0.39, 0.29) is 0 Å². The predicted octanol–water partition coefficient (Wildman–Crippen LogP) is 1.70. The summed E-state index contributed by atoms with van der Waals surface area (Å²) < 4.78 is 0. The number of anilines is 1. The van der Waals surface area contributed by atoms with Crippen LogP contribution in [0.25, 0.3) is 0 Å². The number of carbonyl (C=O) groups excluding carboxylic acids is 1. The molecule has 0 atom stereocenters. The highest BCUT2D eigenvalue weighted by Gasteiger charge is 2.02. The molecule has 0 radical (unpaired) electrons. The highest BCUT2D eigenvalue weighted by atomic mass is 35.5. The van der Waals surface area contributed by atoms with Crippen molar-refractivity contribution < 1.29 is 10.0 Å². The summed E-state index contributed by atoms with van der Waals surface area (Å²) in [5.74, 6) is 0. The van der Waals surface area contributed by atoms with Gasteiger partial charge in [0.15, 0.2) is 0 Å². The minimum absolute atomic E-state index is 0.433. The topological polar surface area (TPSA) is 64.6 Å². The van der Waals surface area contributed by atoms with Gasteiger partial charge in [0.05, 0.1) is 5.69 Å². The Hall–Kier alpha value is -1.46. The summed E-state index contributed by atoms with van der Waals surface area (Å²) in [7, 11) is 1.22. The predicted molar refractivity (Wildman–Crippen MR) is 53.2 cm³/mol. The first kappa shape index (κ1) is 10.6. The fourth-order valence-electron chi connectivity index (χ4n) is 0.740. The van der Waals surface area contributed by atoms with Crippen LogP contribution in [0.3, 0.4) is 0 Å². The average molecular weight is 216 g/mol. The van der Waals surface area contributed by atoms with Crippen LogP contribution in [0, 0.1) is 0 Å². The van der Waals surface area contributed by atoms with Gasteiger partial charge in [-0.3, -0.25) is 10.6 Å². The van der Waals surface area contributed by atoms with Gasteiger partial charge in [-0.1, -0.05) is 11.6 Å². The molecule has 0 heterocycles. The SMILES string of the molecule is CN(O)C(=O)NNc1ccc(Cl)cc1. The number of rotatable bonds is 2. The number of amides is 2. The van der Waals surface area contributed by atoms with Gasteiger partial charge in [0.1, 0.15) is 0 Å². The molecule has 0 bridgehead atoms. The molecule has 0 spiro atoms. The monoisotopic (exact) mass is 215 g/mol. The van der Waals surface area contributed by atoms with Gasteiger partial charge in [-0.25, -0.2) is 15.3 Å². The first-order valence-electron chi connectivity index (χ1n) is 3.84. The summed E-state index contributed by atoms with van der Waals surface area (Å²) in [5, 5.41) is 9.75. The second-order valence-electron chi connectivity index (χ2n) is 2.59. The van der Waals surface area contributed by atoms with Crippen molar-refractivity contribution in [1.29, 1.82) is 0 Å². The summed E-state index contributed by atoms with van der Waals surface area (Å²) in [5.41, 5.74) is 5.53. The van der Waals surface area contributed by atoms with Crippen LogP contribution in [0.2, 0.25) is 5.02 Å². The van der Waals surface area contributed by atoms with E-state index in [0.717, 1.165) is 0 Å².